The van der Waals surface area contributed by atoms with Crippen LogP contribution in [0.15, 0.2) is 18.2 Å². The van der Waals surface area contributed by atoms with Crippen molar-refractivity contribution in [3.8, 4) is 11.5 Å². The second kappa shape index (κ2) is 4.40. The molecule has 0 aromatic heterocycles. The molecule has 1 aromatic rings. The first-order chi connectivity index (χ1) is 7.70. The maximum Gasteiger partial charge on any atom is 0.309 e. The quantitative estimate of drug-likeness (QED) is 0.785. The normalized spacial score (nSPS) is 14.8. The molecule has 0 bridgehead atoms. The van der Waals surface area contributed by atoms with Gasteiger partial charge >= 0.3 is 5.97 Å². The summed E-state index contributed by atoms with van der Waals surface area (Å²) in [5.74, 6) is -0.486. The van der Waals surface area contributed by atoms with Crippen LogP contribution in [0.4, 0.5) is 0 Å². The van der Waals surface area contributed by atoms with Crippen molar-refractivity contribution in [3.05, 3.63) is 23.8 Å². The number of carbonyl (C=O) groups is 1. The van der Waals surface area contributed by atoms with Crippen LogP contribution >= 0.6 is 0 Å². The van der Waals surface area contributed by atoms with Crippen LogP contribution in [0.1, 0.15) is 5.56 Å². The topological polar surface area (TPSA) is 76.0 Å². The number of rotatable bonds is 4. The number of hydrogen-bond acceptors (Lipinski definition) is 4. The van der Waals surface area contributed by atoms with Crippen LogP contribution in [0, 0.1) is 5.92 Å². The van der Waals surface area contributed by atoms with Crippen LogP contribution in [-0.2, 0) is 11.2 Å². The standard InChI is InChI=1S/C11H12O5/c12-5-8(11(13)14)3-7-1-2-9-10(4-7)16-6-15-9/h1-2,4,8,12H,3,5-6H2,(H,13,14). The number of benzene rings is 1. The minimum Gasteiger partial charge on any atom is -0.481 e. The van der Waals surface area contributed by atoms with Gasteiger partial charge in [-0.15, -0.1) is 0 Å². The summed E-state index contributed by atoms with van der Waals surface area (Å²) < 4.78 is 10.3. The molecule has 16 heavy (non-hydrogen) atoms. The molecule has 0 spiro atoms. The fourth-order valence-corrected chi connectivity index (χ4v) is 1.58. The number of fused-ring (bicyclic) bond motifs is 1. The first kappa shape index (κ1) is 10.8. The third kappa shape index (κ3) is 2.09. The lowest BCUT2D eigenvalue weighted by molar-refractivity contribution is -0.143. The first-order valence-corrected chi connectivity index (χ1v) is 4.93. The van der Waals surface area contributed by atoms with Crippen molar-refractivity contribution in [1.82, 2.24) is 0 Å². The zero-order valence-electron chi connectivity index (χ0n) is 8.55. The van der Waals surface area contributed by atoms with Gasteiger partial charge in [0.1, 0.15) is 0 Å². The number of carboxylic acids is 1. The monoisotopic (exact) mass is 224 g/mol. The maximum absolute atomic E-state index is 10.8. The van der Waals surface area contributed by atoms with E-state index in [1.54, 1.807) is 18.2 Å². The van der Waals surface area contributed by atoms with Crippen molar-refractivity contribution in [2.75, 3.05) is 13.4 Å². The molecular formula is C11H12O5. The Balaban J connectivity index is 2.13. The first-order valence-electron chi connectivity index (χ1n) is 4.93. The molecule has 1 aromatic carbocycles. The van der Waals surface area contributed by atoms with Gasteiger partial charge in [-0.2, -0.15) is 0 Å². The molecule has 1 aliphatic heterocycles. The SMILES string of the molecule is O=C(O)C(CO)Cc1ccc2c(c1)OCO2. The summed E-state index contributed by atoms with van der Waals surface area (Å²) >= 11 is 0. The average Bonchev–Trinajstić information content (AvgIpc) is 2.72. The molecule has 0 saturated carbocycles. The highest BCUT2D eigenvalue weighted by atomic mass is 16.7. The second-order valence-corrected chi connectivity index (χ2v) is 3.61. The highest BCUT2D eigenvalue weighted by Crippen LogP contribution is 2.33. The summed E-state index contributed by atoms with van der Waals surface area (Å²) in [6.45, 7) is -0.176. The van der Waals surface area contributed by atoms with Crippen molar-refractivity contribution in [3.63, 3.8) is 0 Å². The lowest BCUT2D eigenvalue weighted by atomic mass is 10.00. The Morgan fingerprint density at radius 1 is 1.38 bits per heavy atom. The Hall–Kier alpha value is -1.75. The fraction of sp³-hybridized carbons (Fsp3) is 0.364. The molecule has 0 amide bonds. The third-order valence-corrected chi connectivity index (χ3v) is 2.49. The number of aliphatic hydroxyl groups is 1. The predicted molar refractivity (Wildman–Crippen MR) is 54.5 cm³/mol. The van der Waals surface area contributed by atoms with Crippen molar-refractivity contribution < 1.29 is 24.5 Å². The fourth-order valence-electron chi connectivity index (χ4n) is 1.58. The zero-order chi connectivity index (χ0) is 11.5. The van der Waals surface area contributed by atoms with Gasteiger partial charge in [0, 0.05) is 0 Å². The molecule has 0 fully saturated rings. The molecule has 1 heterocycles. The molecule has 5 heteroatoms. The summed E-state index contributed by atoms with van der Waals surface area (Å²) in [7, 11) is 0. The van der Waals surface area contributed by atoms with Crippen LogP contribution < -0.4 is 9.47 Å². The molecule has 0 aliphatic carbocycles. The second-order valence-electron chi connectivity index (χ2n) is 3.61. The third-order valence-electron chi connectivity index (χ3n) is 2.49. The number of aliphatic carboxylic acids is 1. The van der Waals surface area contributed by atoms with Gasteiger partial charge in [-0.25, -0.2) is 0 Å². The average molecular weight is 224 g/mol. The molecule has 5 nitrogen and oxygen atoms in total. The molecule has 1 atom stereocenters. The Morgan fingerprint density at radius 3 is 2.81 bits per heavy atom. The molecule has 1 aliphatic rings. The van der Waals surface area contributed by atoms with Crippen molar-refractivity contribution in [2.45, 2.75) is 6.42 Å². The molecule has 86 valence electrons. The summed E-state index contributed by atoms with van der Waals surface area (Å²) in [4.78, 5) is 10.8. The minimum absolute atomic E-state index is 0.196. The number of ether oxygens (including phenoxy) is 2. The minimum atomic E-state index is -1.000. The van der Waals surface area contributed by atoms with E-state index in [1.807, 2.05) is 0 Å². The molecular weight excluding hydrogens is 212 g/mol. The Kier molecular flexibility index (Phi) is 2.96. The lowest BCUT2D eigenvalue weighted by Crippen LogP contribution is -2.20. The Bertz CT molecular complexity index is 401. The van der Waals surface area contributed by atoms with E-state index in [9.17, 15) is 4.79 Å². The predicted octanol–water partition coefficient (Wildman–Crippen LogP) is 0.651. The van der Waals surface area contributed by atoms with E-state index in [0.29, 0.717) is 11.5 Å². The highest BCUT2D eigenvalue weighted by molar-refractivity contribution is 5.70. The van der Waals surface area contributed by atoms with E-state index in [-0.39, 0.29) is 19.8 Å². The van der Waals surface area contributed by atoms with Gasteiger partial charge < -0.3 is 19.7 Å². The van der Waals surface area contributed by atoms with E-state index in [2.05, 4.69) is 0 Å². The highest BCUT2D eigenvalue weighted by Gasteiger charge is 2.19. The van der Waals surface area contributed by atoms with Gasteiger partial charge in [-0.05, 0) is 24.1 Å². The van der Waals surface area contributed by atoms with Crippen molar-refractivity contribution in [2.24, 2.45) is 5.92 Å². The van der Waals surface area contributed by atoms with Crippen LogP contribution in [-0.4, -0.2) is 29.6 Å². The van der Waals surface area contributed by atoms with E-state index in [0.717, 1.165) is 5.56 Å². The van der Waals surface area contributed by atoms with Crippen molar-refractivity contribution in [1.29, 1.82) is 0 Å². The summed E-state index contributed by atoms with van der Waals surface area (Å²) in [6, 6.07) is 5.26. The summed E-state index contributed by atoms with van der Waals surface area (Å²) in [6.07, 6.45) is 0.280. The van der Waals surface area contributed by atoms with E-state index >= 15 is 0 Å². The number of carboxylic acid groups (broad SMARTS) is 1. The summed E-state index contributed by atoms with van der Waals surface area (Å²) in [5, 5.41) is 17.7. The van der Waals surface area contributed by atoms with Gasteiger partial charge in [0.15, 0.2) is 11.5 Å². The Morgan fingerprint density at radius 2 is 2.12 bits per heavy atom. The van der Waals surface area contributed by atoms with Crippen molar-refractivity contribution >= 4 is 5.97 Å². The van der Waals surface area contributed by atoms with Crippen LogP contribution in [0.5, 0.6) is 11.5 Å². The van der Waals surface area contributed by atoms with Gasteiger partial charge in [0.05, 0.1) is 12.5 Å². The molecule has 0 saturated heterocycles. The van der Waals surface area contributed by atoms with Gasteiger partial charge in [0.25, 0.3) is 0 Å². The lowest BCUT2D eigenvalue weighted by Gasteiger charge is -2.09. The van der Waals surface area contributed by atoms with E-state index in [1.165, 1.54) is 0 Å². The summed E-state index contributed by atoms with van der Waals surface area (Å²) in [5.41, 5.74) is 0.811. The van der Waals surface area contributed by atoms with Crippen LogP contribution in [0.25, 0.3) is 0 Å². The Labute approximate surface area is 92.2 Å². The number of hydrogen-bond donors (Lipinski definition) is 2. The maximum atomic E-state index is 10.8. The van der Waals surface area contributed by atoms with E-state index < -0.39 is 11.9 Å². The zero-order valence-corrected chi connectivity index (χ0v) is 8.55. The van der Waals surface area contributed by atoms with E-state index in [4.69, 9.17) is 19.7 Å². The van der Waals surface area contributed by atoms with Crippen LogP contribution in [0.3, 0.4) is 0 Å². The smallest absolute Gasteiger partial charge is 0.309 e. The largest absolute Gasteiger partial charge is 0.481 e. The number of aliphatic hydroxyl groups excluding tert-OH is 1. The molecule has 2 rings (SSSR count). The van der Waals surface area contributed by atoms with Gasteiger partial charge in [-0.1, -0.05) is 6.07 Å². The molecule has 2 N–H and O–H groups in total. The molecule has 1 unspecified atom stereocenters. The van der Waals surface area contributed by atoms with Crippen LogP contribution in [0.2, 0.25) is 0 Å². The van der Waals surface area contributed by atoms with Gasteiger partial charge in [-0.3, -0.25) is 4.79 Å². The van der Waals surface area contributed by atoms with Gasteiger partial charge in [0.2, 0.25) is 6.79 Å². The molecule has 0 radical (unpaired) electrons.